The van der Waals surface area contributed by atoms with Gasteiger partial charge in [-0.25, -0.2) is 4.98 Å². The van der Waals surface area contributed by atoms with E-state index in [1.165, 1.54) is 0 Å². The highest BCUT2D eigenvalue weighted by Crippen LogP contribution is 2.25. The molecular weight excluding hydrogens is 250 g/mol. The Morgan fingerprint density at radius 3 is 2.78 bits per heavy atom. The molecule has 2 aromatic rings. The van der Waals surface area contributed by atoms with Crippen molar-refractivity contribution < 1.29 is 9.84 Å². The van der Waals surface area contributed by atoms with Gasteiger partial charge in [0, 0.05) is 6.20 Å². The van der Waals surface area contributed by atoms with Gasteiger partial charge in [-0.1, -0.05) is 23.7 Å². The van der Waals surface area contributed by atoms with Gasteiger partial charge in [0.25, 0.3) is 0 Å². The molecule has 0 bridgehead atoms. The number of halogens is 1. The highest BCUT2D eigenvalue weighted by molar-refractivity contribution is 6.29. The minimum Gasteiger partial charge on any atom is -0.494 e. The van der Waals surface area contributed by atoms with Crippen LogP contribution < -0.4 is 4.74 Å². The van der Waals surface area contributed by atoms with E-state index in [0.717, 1.165) is 11.3 Å². The van der Waals surface area contributed by atoms with Gasteiger partial charge in [-0.05, 0) is 42.3 Å². The molecule has 1 aromatic heterocycles. The third-order valence-corrected chi connectivity index (χ3v) is 2.76. The number of nitrogens with zero attached hydrogens (tertiary/aromatic N) is 1. The number of aromatic nitrogens is 1. The SMILES string of the molecule is CCOc1cccc(C(O)c2ccnc(Cl)c2)c1. The highest BCUT2D eigenvalue weighted by Gasteiger charge is 2.11. The third kappa shape index (κ3) is 3.00. The Labute approximate surface area is 111 Å². The molecule has 0 aliphatic carbocycles. The molecule has 0 saturated carbocycles. The van der Waals surface area contributed by atoms with E-state index in [9.17, 15) is 5.11 Å². The van der Waals surface area contributed by atoms with Crippen molar-refractivity contribution in [1.29, 1.82) is 0 Å². The fraction of sp³-hybridized carbons (Fsp3) is 0.214. The predicted molar refractivity (Wildman–Crippen MR) is 70.9 cm³/mol. The van der Waals surface area contributed by atoms with E-state index in [4.69, 9.17) is 16.3 Å². The van der Waals surface area contributed by atoms with Crippen LogP contribution in [-0.4, -0.2) is 16.7 Å². The van der Waals surface area contributed by atoms with Crippen molar-refractivity contribution in [2.24, 2.45) is 0 Å². The highest BCUT2D eigenvalue weighted by atomic mass is 35.5. The van der Waals surface area contributed by atoms with Crippen molar-refractivity contribution in [1.82, 2.24) is 4.98 Å². The van der Waals surface area contributed by atoms with Gasteiger partial charge in [0.2, 0.25) is 0 Å². The first-order valence-corrected chi connectivity index (χ1v) is 6.10. The van der Waals surface area contributed by atoms with Crippen LogP contribution in [0.5, 0.6) is 5.75 Å². The van der Waals surface area contributed by atoms with Crippen LogP contribution in [0.2, 0.25) is 5.15 Å². The van der Waals surface area contributed by atoms with Crippen molar-refractivity contribution >= 4 is 11.6 Å². The summed E-state index contributed by atoms with van der Waals surface area (Å²) < 4.78 is 5.41. The first kappa shape index (κ1) is 12.9. The maximum absolute atomic E-state index is 10.3. The molecule has 0 saturated heterocycles. The summed E-state index contributed by atoms with van der Waals surface area (Å²) in [6.45, 7) is 2.52. The normalized spacial score (nSPS) is 12.2. The van der Waals surface area contributed by atoms with Gasteiger partial charge in [0.15, 0.2) is 0 Å². The van der Waals surface area contributed by atoms with Crippen LogP contribution in [-0.2, 0) is 0 Å². The monoisotopic (exact) mass is 263 g/mol. The van der Waals surface area contributed by atoms with Gasteiger partial charge in [-0.3, -0.25) is 0 Å². The zero-order valence-electron chi connectivity index (χ0n) is 10.0. The van der Waals surface area contributed by atoms with Gasteiger partial charge >= 0.3 is 0 Å². The molecule has 18 heavy (non-hydrogen) atoms. The van der Waals surface area contributed by atoms with E-state index in [0.29, 0.717) is 17.3 Å². The second-order valence-corrected chi connectivity index (χ2v) is 4.21. The number of pyridine rings is 1. The third-order valence-electron chi connectivity index (χ3n) is 2.55. The molecule has 4 heteroatoms. The summed E-state index contributed by atoms with van der Waals surface area (Å²) >= 11 is 5.81. The molecule has 0 fully saturated rings. The van der Waals surface area contributed by atoms with Gasteiger partial charge in [-0.2, -0.15) is 0 Å². The van der Waals surface area contributed by atoms with Crippen LogP contribution in [0, 0.1) is 0 Å². The Morgan fingerprint density at radius 1 is 1.28 bits per heavy atom. The van der Waals surface area contributed by atoms with E-state index in [1.807, 2.05) is 31.2 Å². The van der Waals surface area contributed by atoms with Crippen LogP contribution in [0.1, 0.15) is 24.2 Å². The van der Waals surface area contributed by atoms with E-state index in [1.54, 1.807) is 18.3 Å². The van der Waals surface area contributed by atoms with Crippen molar-refractivity contribution in [3.63, 3.8) is 0 Å². The minimum absolute atomic E-state index is 0.368. The van der Waals surface area contributed by atoms with Gasteiger partial charge < -0.3 is 9.84 Å². The Morgan fingerprint density at radius 2 is 2.06 bits per heavy atom. The average molecular weight is 264 g/mol. The molecule has 0 aliphatic rings. The molecule has 1 N–H and O–H groups in total. The fourth-order valence-corrected chi connectivity index (χ4v) is 1.90. The quantitative estimate of drug-likeness (QED) is 0.862. The van der Waals surface area contributed by atoms with E-state index in [2.05, 4.69) is 4.98 Å². The first-order valence-electron chi connectivity index (χ1n) is 5.73. The van der Waals surface area contributed by atoms with Crippen LogP contribution in [0.25, 0.3) is 0 Å². The summed E-state index contributed by atoms with van der Waals surface area (Å²) in [5.74, 6) is 0.745. The zero-order chi connectivity index (χ0) is 13.0. The molecule has 1 heterocycles. The van der Waals surface area contributed by atoms with E-state index in [-0.39, 0.29) is 0 Å². The topological polar surface area (TPSA) is 42.4 Å². The van der Waals surface area contributed by atoms with E-state index < -0.39 is 6.10 Å². The summed E-state index contributed by atoms with van der Waals surface area (Å²) in [6, 6.07) is 10.8. The standard InChI is InChI=1S/C14H14ClNO2/c1-2-18-12-5-3-4-10(8-12)14(17)11-6-7-16-13(15)9-11/h3-9,14,17H,2H2,1H3. The zero-order valence-corrected chi connectivity index (χ0v) is 10.8. The molecule has 0 aliphatic heterocycles. The number of ether oxygens (including phenoxy) is 1. The number of aliphatic hydroxyl groups excluding tert-OH is 1. The summed E-state index contributed by atoms with van der Waals surface area (Å²) in [6.07, 6.45) is 0.846. The molecule has 1 aromatic carbocycles. The number of hydrogen-bond acceptors (Lipinski definition) is 3. The summed E-state index contributed by atoms with van der Waals surface area (Å²) in [4.78, 5) is 3.89. The van der Waals surface area contributed by atoms with Crippen molar-refractivity contribution in [3.05, 3.63) is 58.9 Å². The second-order valence-electron chi connectivity index (χ2n) is 3.82. The number of benzene rings is 1. The molecule has 3 nitrogen and oxygen atoms in total. The molecule has 94 valence electrons. The maximum Gasteiger partial charge on any atom is 0.129 e. The lowest BCUT2D eigenvalue weighted by Crippen LogP contribution is -2.01. The first-order chi connectivity index (χ1) is 8.70. The van der Waals surface area contributed by atoms with Crippen molar-refractivity contribution in [2.45, 2.75) is 13.0 Å². The molecule has 1 atom stereocenters. The van der Waals surface area contributed by atoms with Crippen molar-refractivity contribution in [2.75, 3.05) is 6.61 Å². The molecule has 0 radical (unpaired) electrons. The van der Waals surface area contributed by atoms with Crippen LogP contribution in [0.4, 0.5) is 0 Å². The van der Waals surface area contributed by atoms with Gasteiger partial charge in [0.05, 0.1) is 6.61 Å². The smallest absolute Gasteiger partial charge is 0.129 e. The minimum atomic E-state index is -0.731. The average Bonchev–Trinajstić information content (AvgIpc) is 2.39. The second kappa shape index (κ2) is 5.85. The Balaban J connectivity index is 2.27. The number of hydrogen-bond donors (Lipinski definition) is 1. The lowest BCUT2D eigenvalue weighted by Gasteiger charge is -2.13. The van der Waals surface area contributed by atoms with Crippen LogP contribution >= 0.6 is 11.6 Å². The Kier molecular flexibility index (Phi) is 4.18. The lowest BCUT2D eigenvalue weighted by atomic mass is 10.0. The fourth-order valence-electron chi connectivity index (χ4n) is 1.72. The van der Waals surface area contributed by atoms with Crippen molar-refractivity contribution in [3.8, 4) is 5.75 Å². The maximum atomic E-state index is 10.3. The predicted octanol–water partition coefficient (Wildman–Crippen LogP) is 3.22. The molecular formula is C14H14ClNO2. The summed E-state index contributed by atoms with van der Waals surface area (Å²) in [5, 5.41) is 10.6. The molecule has 0 spiro atoms. The molecule has 2 rings (SSSR count). The van der Waals surface area contributed by atoms with Gasteiger partial charge in [-0.15, -0.1) is 0 Å². The van der Waals surface area contributed by atoms with Gasteiger partial charge in [0.1, 0.15) is 17.0 Å². The van der Waals surface area contributed by atoms with Crippen LogP contribution in [0.15, 0.2) is 42.6 Å². The number of aliphatic hydroxyl groups is 1. The van der Waals surface area contributed by atoms with Crippen LogP contribution in [0.3, 0.4) is 0 Å². The Hall–Kier alpha value is -1.58. The largest absolute Gasteiger partial charge is 0.494 e. The molecule has 1 unspecified atom stereocenters. The van der Waals surface area contributed by atoms with E-state index >= 15 is 0 Å². The molecule has 0 amide bonds. The summed E-state index contributed by atoms with van der Waals surface area (Å²) in [7, 11) is 0. The number of rotatable bonds is 4. The summed E-state index contributed by atoms with van der Waals surface area (Å²) in [5.41, 5.74) is 1.48. The lowest BCUT2D eigenvalue weighted by molar-refractivity contribution is 0.219. The Bertz CT molecular complexity index is 531.